The predicted octanol–water partition coefficient (Wildman–Crippen LogP) is 3.75. The number of pyridine rings is 1. The summed E-state index contributed by atoms with van der Waals surface area (Å²) in [4.78, 5) is 15.7. The second-order valence-corrected chi connectivity index (χ2v) is 4.52. The molecule has 4 heteroatoms. The average molecular weight is 285 g/mol. The van der Waals surface area contributed by atoms with E-state index in [1.54, 1.807) is 6.07 Å². The molecular weight excluding hydrogens is 268 g/mol. The first-order chi connectivity index (χ1) is 7.72. The molecule has 0 aliphatic heterocycles. The van der Waals surface area contributed by atoms with Gasteiger partial charge in [-0.2, -0.15) is 0 Å². The monoisotopic (exact) mass is 284 g/mol. The van der Waals surface area contributed by atoms with Crippen LogP contribution in [0, 0.1) is 0 Å². The van der Waals surface area contributed by atoms with Crippen LogP contribution in [0.1, 0.15) is 39.0 Å². The first kappa shape index (κ1) is 13.2. The van der Waals surface area contributed by atoms with E-state index < -0.39 is 0 Å². The molecule has 1 amide bonds. The predicted molar refractivity (Wildman–Crippen MR) is 69.3 cm³/mol. The van der Waals surface area contributed by atoms with Crippen molar-refractivity contribution in [1.82, 2.24) is 4.98 Å². The summed E-state index contributed by atoms with van der Waals surface area (Å²) in [5, 5.41) is 2.78. The first-order valence-corrected chi connectivity index (χ1v) is 6.44. The fourth-order valence-electron chi connectivity index (χ4n) is 1.40. The summed E-state index contributed by atoms with van der Waals surface area (Å²) in [6, 6.07) is 5.47. The van der Waals surface area contributed by atoms with Gasteiger partial charge >= 0.3 is 0 Å². The Bertz CT molecular complexity index is 342. The first-order valence-electron chi connectivity index (χ1n) is 5.64. The van der Waals surface area contributed by atoms with Gasteiger partial charge in [0.25, 0.3) is 0 Å². The number of aromatic nitrogens is 1. The van der Waals surface area contributed by atoms with Gasteiger partial charge in [0.15, 0.2) is 0 Å². The van der Waals surface area contributed by atoms with E-state index in [4.69, 9.17) is 0 Å². The van der Waals surface area contributed by atoms with E-state index in [1.807, 2.05) is 12.1 Å². The highest BCUT2D eigenvalue weighted by molar-refractivity contribution is 9.10. The molecule has 1 aromatic heterocycles. The van der Waals surface area contributed by atoms with Crippen molar-refractivity contribution < 1.29 is 4.79 Å². The van der Waals surface area contributed by atoms with Crippen LogP contribution >= 0.6 is 15.9 Å². The molecule has 1 heterocycles. The van der Waals surface area contributed by atoms with Crippen molar-refractivity contribution in [1.29, 1.82) is 0 Å². The highest BCUT2D eigenvalue weighted by Gasteiger charge is 2.02. The van der Waals surface area contributed by atoms with Gasteiger partial charge in [-0.05, 0) is 34.5 Å². The van der Waals surface area contributed by atoms with Gasteiger partial charge in [0.1, 0.15) is 10.4 Å². The number of nitrogens with zero attached hydrogens (tertiary/aromatic N) is 1. The number of rotatable bonds is 6. The highest BCUT2D eigenvalue weighted by atomic mass is 79.9. The molecule has 0 saturated heterocycles. The van der Waals surface area contributed by atoms with Gasteiger partial charge < -0.3 is 5.32 Å². The second-order valence-electron chi connectivity index (χ2n) is 3.70. The minimum Gasteiger partial charge on any atom is -0.311 e. The summed E-state index contributed by atoms with van der Waals surface area (Å²) < 4.78 is 0.733. The fourth-order valence-corrected chi connectivity index (χ4v) is 1.74. The number of unbranched alkanes of at least 4 members (excludes halogenated alkanes) is 3. The van der Waals surface area contributed by atoms with Crippen LogP contribution in [0.15, 0.2) is 22.8 Å². The Kier molecular flexibility index (Phi) is 6.08. The van der Waals surface area contributed by atoms with Crippen LogP contribution in [0.2, 0.25) is 0 Å². The van der Waals surface area contributed by atoms with Crippen molar-refractivity contribution in [2.45, 2.75) is 39.0 Å². The maximum atomic E-state index is 11.5. The number of hydrogen-bond acceptors (Lipinski definition) is 2. The third kappa shape index (κ3) is 5.26. The standard InChI is InChI=1S/C12H17BrN2O/c1-2-3-4-5-9-12(16)15-11-8-6-7-10(13)14-11/h6-8H,2-5,9H2,1H3,(H,14,15,16). The van der Waals surface area contributed by atoms with Crippen LogP contribution in [0.5, 0.6) is 0 Å². The van der Waals surface area contributed by atoms with E-state index in [0.717, 1.165) is 17.4 Å². The Morgan fingerprint density at radius 2 is 2.19 bits per heavy atom. The second kappa shape index (κ2) is 7.39. The minimum absolute atomic E-state index is 0.0432. The summed E-state index contributed by atoms with van der Waals surface area (Å²) in [6.07, 6.45) is 5.04. The van der Waals surface area contributed by atoms with Gasteiger partial charge in [-0.1, -0.05) is 32.3 Å². The molecule has 1 aromatic rings. The van der Waals surface area contributed by atoms with Gasteiger partial charge in [-0.3, -0.25) is 4.79 Å². The van der Waals surface area contributed by atoms with Gasteiger partial charge in [-0.15, -0.1) is 0 Å². The zero-order chi connectivity index (χ0) is 11.8. The van der Waals surface area contributed by atoms with E-state index >= 15 is 0 Å². The summed E-state index contributed by atoms with van der Waals surface area (Å²) in [7, 11) is 0. The molecule has 0 spiro atoms. The maximum absolute atomic E-state index is 11.5. The fraction of sp³-hybridized carbons (Fsp3) is 0.500. The summed E-state index contributed by atoms with van der Waals surface area (Å²) in [6.45, 7) is 2.16. The van der Waals surface area contributed by atoms with Gasteiger partial charge in [0.2, 0.25) is 5.91 Å². The van der Waals surface area contributed by atoms with E-state index in [-0.39, 0.29) is 5.91 Å². The van der Waals surface area contributed by atoms with Crippen molar-refractivity contribution in [2.75, 3.05) is 5.32 Å². The van der Waals surface area contributed by atoms with Gasteiger partial charge in [0, 0.05) is 6.42 Å². The summed E-state index contributed by atoms with van der Waals surface area (Å²) in [5.74, 6) is 0.650. The van der Waals surface area contributed by atoms with Crippen molar-refractivity contribution in [3.05, 3.63) is 22.8 Å². The number of nitrogens with one attached hydrogen (secondary N) is 1. The molecule has 16 heavy (non-hydrogen) atoms. The topological polar surface area (TPSA) is 42.0 Å². The van der Waals surface area contributed by atoms with Crippen LogP contribution in [0.4, 0.5) is 5.82 Å². The zero-order valence-electron chi connectivity index (χ0n) is 9.50. The lowest BCUT2D eigenvalue weighted by molar-refractivity contribution is -0.116. The molecular formula is C12H17BrN2O. The molecule has 0 aliphatic carbocycles. The molecule has 0 saturated carbocycles. The summed E-state index contributed by atoms with van der Waals surface area (Å²) >= 11 is 3.26. The van der Waals surface area contributed by atoms with Crippen LogP contribution in [0.3, 0.4) is 0 Å². The molecule has 88 valence electrons. The Balaban J connectivity index is 2.29. The van der Waals surface area contributed by atoms with E-state index in [9.17, 15) is 4.79 Å². The van der Waals surface area contributed by atoms with Crippen molar-refractivity contribution in [3.8, 4) is 0 Å². The molecule has 3 nitrogen and oxygen atoms in total. The van der Waals surface area contributed by atoms with Crippen LogP contribution < -0.4 is 5.32 Å². The van der Waals surface area contributed by atoms with Crippen molar-refractivity contribution in [3.63, 3.8) is 0 Å². The summed E-state index contributed by atoms with van der Waals surface area (Å²) in [5.41, 5.74) is 0. The SMILES string of the molecule is CCCCCCC(=O)Nc1cccc(Br)n1. The molecule has 0 aliphatic rings. The largest absolute Gasteiger partial charge is 0.311 e. The van der Waals surface area contributed by atoms with Crippen LogP contribution in [-0.2, 0) is 4.79 Å². The highest BCUT2D eigenvalue weighted by Crippen LogP contribution is 2.11. The zero-order valence-corrected chi connectivity index (χ0v) is 11.1. The molecule has 1 N–H and O–H groups in total. The Morgan fingerprint density at radius 1 is 1.38 bits per heavy atom. The Labute approximate surface area is 105 Å². The molecule has 0 aromatic carbocycles. The average Bonchev–Trinajstić information content (AvgIpc) is 2.24. The third-order valence-electron chi connectivity index (χ3n) is 2.24. The van der Waals surface area contributed by atoms with Gasteiger partial charge in [-0.25, -0.2) is 4.98 Å². The number of halogens is 1. The van der Waals surface area contributed by atoms with Crippen molar-refractivity contribution in [2.24, 2.45) is 0 Å². The Hall–Kier alpha value is -0.900. The Morgan fingerprint density at radius 3 is 2.88 bits per heavy atom. The molecule has 0 bridgehead atoms. The number of carbonyl (C=O) groups is 1. The lowest BCUT2D eigenvalue weighted by Gasteiger charge is -2.04. The molecule has 0 unspecified atom stereocenters. The third-order valence-corrected chi connectivity index (χ3v) is 2.68. The van der Waals surface area contributed by atoms with E-state index in [1.165, 1.54) is 12.8 Å². The van der Waals surface area contributed by atoms with E-state index in [0.29, 0.717) is 12.2 Å². The maximum Gasteiger partial charge on any atom is 0.225 e. The number of carbonyl (C=O) groups excluding carboxylic acids is 1. The lowest BCUT2D eigenvalue weighted by Crippen LogP contribution is -2.12. The lowest BCUT2D eigenvalue weighted by atomic mass is 10.1. The van der Waals surface area contributed by atoms with E-state index in [2.05, 4.69) is 33.2 Å². The number of amides is 1. The smallest absolute Gasteiger partial charge is 0.225 e. The van der Waals surface area contributed by atoms with Gasteiger partial charge in [0.05, 0.1) is 0 Å². The van der Waals surface area contributed by atoms with Crippen LogP contribution in [-0.4, -0.2) is 10.9 Å². The number of anilines is 1. The molecule has 0 fully saturated rings. The quantitative estimate of drug-likeness (QED) is 0.639. The minimum atomic E-state index is 0.0432. The molecule has 0 radical (unpaired) electrons. The van der Waals surface area contributed by atoms with Crippen molar-refractivity contribution >= 4 is 27.7 Å². The number of hydrogen-bond donors (Lipinski definition) is 1. The molecule has 1 rings (SSSR count). The molecule has 0 atom stereocenters. The van der Waals surface area contributed by atoms with Crippen LogP contribution in [0.25, 0.3) is 0 Å². The normalized spacial score (nSPS) is 10.1.